The van der Waals surface area contributed by atoms with Crippen molar-refractivity contribution in [2.24, 2.45) is 5.41 Å². The molecule has 0 aromatic carbocycles. The van der Waals surface area contributed by atoms with Crippen LogP contribution < -0.4 is 0 Å². The minimum absolute atomic E-state index is 0.137. The Labute approximate surface area is 140 Å². The van der Waals surface area contributed by atoms with E-state index in [1.165, 1.54) is 39.0 Å². The van der Waals surface area contributed by atoms with Crippen molar-refractivity contribution in [1.29, 1.82) is 0 Å². The lowest BCUT2D eigenvalue weighted by Crippen LogP contribution is -2.59. The lowest BCUT2D eigenvalue weighted by Gasteiger charge is -2.56. The van der Waals surface area contributed by atoms with Crippen LogP contribution in [0.4, 0.5) is 4.79 Å². The molecule has 3 fully saturated rings. The van der Waals surface area contributed by atoms with Crippen LogP contribution in [0.25, 0.3) is 0 Å². The van der Waals surface area contributed by atoms with Gasteiger partial charge in [0.2, 0.25) is 0 Å². The number of hydrogen-bond donors (Lipinski definition) is 0. The van der Waals surface area contributed by atoms with Crippen LogP contribution in [0.1, 0.15) is 46.5 Å². The van der Waals surface area contributed by atoms with Gasteiger partial charge in [0.25, 0.3) is 0 Å². The lowest BCUT2D eigenvalue weighted by molar-refractivity contribution is -0.0566. The molecule has 0 aromatic heterocycles. The van der Waals surface area contributed by atoms with E-state index in [0.29, 0.717) is 5.41 Å². The Morgan fingerprint density at radius 2 is 1.57 bits per heavy atom. The van der Waals surface area contributed by atoms with E-state index in [4.69, 9.17) is 4.74 Å². The Morgan fingerprint density at radius 3 is 2.09 bits per heavy atom. The summed E-state index contributed by atoms with van der Waals surface area (Å²) in [7, 11) is 2.21. The summed E-state index contributed by atoms with van der Waals surface area (Å²) in [5.41, 5.74) is 0.113. The molecule has 5 nitrogen and oxygen atoms in total. The molecule has 3 rings (SSSR count). The van der Waals surface area contributed by atoms with Crippen molar-refractivity contribution in [2.45, 2.75) is 58.1 Å². The highest BCUT2D eigenvalue weighted by molar-refractivity contribution is 5.68. The van der Waals surface area contributed by atoms with Gasteiger partial charge >= 0.3 is 6.09 Å². The van der Waals surface area contributed by atoms with E-state index in [2.05, 4.69) is 16.8 Å². The zero-order chi connectivity index (χ0) is 16.7. The average Bonchev–Trinajstić information content (AvgIpc) is 2.44. The Kier molecular flexibility index (Phi) is 4.62. The van der Waals surface area contributed by atoms with Gasteiger partial charge in [-0.05, 0) is 58.9 Å². The summed E-state index contributed by atoms with van der Waals surface area (Å²) in [6.07, 6.45) is 4.83. The van der Waals surface area contributed by atoms with Crippen molar-refractivity contribution in [3.63, 3.8) is 0 Å². The van der Waals surface area contributed by atoms with Crippen LogP contribution in [0.3, 0.4) is 0 Å². The van der Waals surface area contributed by atoms with Crippen molar-refractivity contribution in [1.82, 2.24) is 14.7 Å². The molecule has 2 aliphatic heterocycles. The van der Waals surface area contributed by atoms with Gasteiger partial charge < -0.3 is 14.5 Å². The fourth-order valence-electron chi connectivity index (χ4n) is 4.28. The molecule has 0 bridgehead atoms. The van der Waals surface area contributed by atoms with Crippen LogP contribution >= 0.6 is 0 Å². The summed E-state index contributed by atoms with van der Waals surface area (Å²) in [6.45, 7) is 12.4. The second-order valence-corrected chi connectivity index (χ2v) is 8.87. The fourth-order valence-corrected chi connectivity index (χ4v) is 4.28. The maximum absolute atomic E-state index is 12.2. The minimum Gasteiger partial charge on any atom is -0.444 e. The zero-order valence-electron chi connectivity index (χ0n) is 15.3. The third-order valence-corrected chi connectivity index (χ3v) is 5.87. The maximum Gasteiger partial charge on any atom is 0.410 e. The smallest absolute Gasteiger partial charge is 0.410 e. The first kappa shape index (κ1) is 17.0. The number of piperazine rings is 1. The van der Waals surface area contributed by atoms with Crippen LogP contribution in [-0.2, 0) is 4.74 Å². The molecule has 3 aliphatic rings. The Balaban J connectivity index is 1.43. The zero-order valence-corrected chi connectivity index (χ0v) is 15.3. The van der Waals surface area contributed by atoms with E-state index in [-0.39, 0.29) is 6.09 Å². The quantitative estimate of drug-likeness (QED) is 0.742. The molecule has 0 atom stereocenters. The number of ether oxygens (including phenoxy) is 1. The molecule has 2 saturated heterocycles. The maximum atomic E-state index is 12.2. The number of amides is 1. The van der Waals surface area contributed by atoms with Gasteiger partial charge in [0.15, 0.2) is 0 Å². The lowest BCUT2D eigenvalue weighted by atomic mass is 9.60. The second kappa shape index (κ2) is 6.25. The fraction of sp³-hybridized carbons (Fsp3) is 0.944. The highest BCUT2D eigenvalue weighted by Gasteiger charge is 2.48. The average molecular weight is 323 g/mol. The highest BCUT2D eigenvalue weighted by Crippen LogP contribution is 2.51. The number of carbonyl (C=O) groups excluding carboxylic acids is 1. The van der Waals surface area contributed by atoms with Gasteiger partial charge in [-0.15, -0.1) is 0 Å². The minimum atomic E-state index is -0.394. The van der Waals surface area contributed by atoms with Crippen LogP contribution in [-0.4, -0.2) is 78.8 Å². The molecule has 1 amide bonds. The van der Waals surface area contributed by atoms with E-state index >= 15 is 0 Å². The number of nitrogens with zero attached hydrogens (tertiary/aromatic N) is 3. The highest BCUT2D eigenvalue weighted by atomic mass is 16.6. The van der Waals surface area contributed by atoms with Crippen molar-refractivity contribution in [3.05, 3.63) is 0 Å². The molecule has 1 saturated carbocycles. The van der Waals surface area contributed by atoms with E-state index in [1.54, 1.807) is 0 Å². The molecular weight excluding hydrogens is 290 g/mol. The Hall–Kier alpha value is -0.810. The summed E-state index contributed by atoms with van der Waals surface area (Å²) in [6, 6.07) is 0.789. The third-order valence-electron chi connectivity index (χ3n) is 5.87. The third kappa shape index (κ3) is 4.00. The van der Waals surface area contributed by atoms with Crippen molar-refractivity contribution in [2.75, 3.05) is 46.3 Å². The normalized spacial score (nSPS) is 27.0. The second-order valence-electron chi connectivity index (χ2n) is 8.87. The topological polar surface area (TPSA) is 36.0 Å². The van der Waals surface area contributed by atoms with Gasteiger partial charge in [0, 0.05) is 45.3 Å². The Bertz CT molecular complexity index is 422. The predicted octanol–water partition coefficient (Wildman–Crippen LogP) is 2.41. The molecule has 0 unspecified atom stereocenters. The van der Waals surface area contributed by atoms with Crippen LogP contribution in [0, 0.1) is 5.41 Å². The molecule has 23 heavy (non-hydrogen) atoms. The summed E-state index contributed by atoms with van der Waals surface area (Å²) in [4.78, 5) is 19.2. The number of piperidine rings is 1. The van der Waals surface area contributed by atoms with Crippen molar-refractivity contribution < 1.29 is 9.53 Å². The number of hydrogen-bond acceptors (Lipinski definition) is 4. The van der Waals surface area contributed by atoms with Gasteiger partial charge in [-0.3, -0.25) is 4.90 Å². The number of likely N-dealkylation sites (N-methyl/N-ethyl adjacent to an activating group) is 1. The van der Waals surface area contributed by atoms with E-state index in [0.717, 1.165) is 32.0 Å². The van der Waals surface area contributed by atoms with Gasteiger partial charge in [0.05, 0.1) is 0 Å². The van der Waals surface area contributed by atoms with Crippen LogP contribution in [0.2, 0.25) is 0 Å². The largest absolute Gasteiger partial charge is 0.444 e. The van der Waals surface area contributed by atoms with Gasteiger partial charge in [-0.25, -0.2) is 4.79 Å². The predicted molar refractivity (Wildman–Crippen MR) is 91.6 cm³/mol. The van der Waals surface area contributed by atoms with E-state index < -0.39 is 5.60 Å². The van der Waals surface area contributed by atoms with Crippen molar-refractivity contribution in [3.8, 4) is 0 Å². The first-order valence-electron chi connectivity index (χ1n) is 9.17. The number of rotatable bonds is 1. The van der Waals surface area contributed by atoms with Gasteiger partial charge in [-0.1, -0.05) is 0 Å². The van der Waals surface area contributed by atoms with E-state index in [1.807, 2.05) is 25.7 Å². The molecule has 0 radical (unpaired) electrons. The van der Waals surface area contributed by atoms with Crippen LogP contribution in [0.5, 0.6) is 0 Å². The summed E-state index contributed by atoms with van der Waals surface area (Å²) >= 11 is 0. The van der Waals surface area contributed by atoms with Crippen molar-refractivity contribution >= 4 is 6.09 Å². The molecule has 1 spiro atoms. The molecule has 0 aromatic rings. The summed E-state index contributed by atoms with van der Waals surface area (Å²) in [5, 5.41) is 0. The van der Waals surface area contributed by atoms with Crippen LogP contribution in [0.15, 0.2) is 0 Å². The summed E-state index contributed by atoms with van der Waals surface area (Å²) in [5.74, 6) is 0. The first-order chi connectivity index (χ1) is 10.8. The number of likely N-dealkylation sites (tertiary alicyclic amines) is 1. The monoisotopic (exact) mass is 323 g/mol. The SMILES string of the molecule is CN1CCN(C2CC3(CCN(C(=O)OC(C)(C)C)CC3)C2)CC1. The summed E-state index contributed by atoms with van der Waals surface area (Å²) < 4.78 is 5.50. The molecule has 2 heterocycles. The number of carbonyl (C=O) groups is 1. The molecule has 132 valence electrons. The molecular formula is C18H33N3O2. The van der Waals surface area contributed by atoms with Gasteiger partial charge in [-0.2, -0.15) is 0 Å². The molecule has 1 aliphatic carbocycles. The van der Waals surface area contributed by atoms with Gasteiger partial charge in [0.1, 0.15) is 5.60 Å². The molecule has 5 heteroatoms. The standard InChI is InChI=1S/C18H33N3O2/c1-17(2,3)23-16(22)21-7-5-18(6-8-21)13-15(14-18)20-11-9-19(4)10-12-20/h15H,5-14H2,1-4H3. The first-order valence-corrected chi connectivity index (χ1v) is 9.17. The molecule has 0 N–H and O–H groups in total. The Morgan fingerprint density at radius 1 is 1.00 bits per heavy atom. The van der Waals surface area contributed by atoms with E-state index in [9.17, 15) is 4.79 Å².